The van der Waals surface area contributed by atoms with Crippen LogP contribution < -0.4 is 5.73 Å². The van der Waals surface area contributed by atoms with Crippen LogP contribution in [0, 0.1) is 0 Å². The van der Waals surface area contributed by atoms with E-state index in [0.29, 0.717) is 18.7 Å². The first-order valence-corrected chi connectivity index (χ1v) is 5.39. The maximum absolute atomic E-state index is 11.9. The van der Waals surface area contributed by atoms with E-state index in [-0.39, 0.29) is 17.3 Å². The van der Waals surface area contributed by atoms with Gasteiger partial charge in [-0.15, -0.1) is 0 Å². The van der Waals surface area contributed by atoms with Crippen LogP contribution in [-0.4, -0.2) is 43.2 Å². The summed E-state index contributed by atoms with van der Waals surface area (Å²) in [4.78, 5) is 13.5. The second-order valence-electron chi connectivity index (χ2n) is 3.85. The molecule has 1 amide bonds. The number of rotatable bonds is 5. The highest BCUT2D eigenvalue weighted by atomic mass is 16.5. The molecular weight excluding hydrogens is 220 g/mol. The first-order chi connectivity index (χ1) is 8.06. The van der Waals surface area contributed by atoms with Gasteiger partial charge in [0, 0.05) is 32.9 Å². The molecule has 0 saturated carbocycles. The van der Waals surface area contributed by atoms with Gasteiger partial charge in [0.05, 0.1) is 5.69 Å². The minimum Gasteiger partial charge on any atom is -0.506 e. The predicted molar refractivity (Wildman–Crippen MR) is 66.0 cm³/mol. The number of nitrogens with two attached hydrogens (primary N) is 1. The minimum atomic E-state index is -0.142. The fraction of sp³-hybridized carbons (Fsp3) is 0.417. The van der Waals surface area contributed by atoms with Crippen LogP contribution >= 0.6 is 0 Å². The van der Waals surface area contributed by atoms with Crippen LogP contribution in [0.2, 0.25) is 0 Å². The zero-order chi connectivity index (χ0) is 12.8. The standard InChI is InChI=1S/C12H18N2O3/c1-14(6-3-7-17-2)12(16)9-4-5-10(13)11(15)8-9/h4-5,8,15H,3,6-7,13H2,1-2H3. The van der Waals surface area contributed by atoms with Crippen molar-refractivity contribution in [3.05, 3.63) is 23.8 Å². The van der Waals surface area contributed by atoms with E-state index in [1.54, 1.807) is 25.1 Å². The Morgan fingerprint density at radius 2 is 2.24 bits per heavy atom. The number of methoxy groups -OCH3 is 1. The molecule has 0 aliphatic heterocycles. The number of ether oxygens (including phenoxy) is 1. The molecule has 5 heteroatoms. The van der Waals surface area contributed by atoms with Gasteiger partial charge in [-0.05, 0) is 24.6 Å². The molecule has 1 rings (SSSR count). The van der Waals surface area contributed by atoms with Crippen molar-refractivity contribution >= 4 is 11.6 Å². The molecule has 0 bridgehead atoms. The quantitative estimate of drug-likeness (QED) is 0.457. The number of benzene rings is 1. The van der Waals surface area contributed by atoms with Gasteiger partial charge < -0.3 is 20.5 Å². The molecule has 0 fully saturated rings. The normalized spacial score (nSPS) is 10.2. The fourth-order valence-corrected chi connectivity index (χ4v) is 1.44. The smallest absolute Gasteiger partial charge is 0.253 e. The van der Waals surface area contributed by atoms with Crippen LogP contribution in [0.3, 0.4) is 0 Å². The molecule has 0 unspecified atom stereocenters. The van der Waals surface area contributed by atoms with Crippen LogP contribution in [-0.2, 0) is 4.74 Å². The molecule has 0 aromatic heterocycles. The highest BCUT2D eigenvalue weighted by Crippen LogP contribution is 2.21. The van der Waals surface area contributed by atoms with Gasteiger partial charge in [0.25, 0.3) is 5.91 Å². The maximum atomic E-state index is 11.9. The summed E-state index contributed by atoms with van der Waals surface area (Å²) in [6.45, 7) is 1.22. The average Bonchev–Trinajstić information content (AvgIpc) is 2.32. The summed E-state index contributed by atoms with van der Waals surface area (Å²) in [5.41, 5.74) is 6.17. The molecule has 1 aromatic carbocycles. The summed E-state index contributed by atoms with van der Waals surface area (Å²) in [6, 6.07) is 4.50. The Labute approximate surface area is 101 Å². The molecule has 1 aromatic rings. The summed E-state index contributed by atoms with van der Waals surface area (Å²) in [5, 5.41) is 9.43. The van der Waals surface area contributed by atoms with E-state index in [1.807, 2.05) is 0 Å². The van der Waals surface area contributed by atoms with Gasteiger partial charge in [-0.1, -0.05) is 0 Å². The van der Waals surface area contributed by atoms with Gasteiger partial charge >= 0.3 is 0 Å². The van der Waals surface area contributed by atoms with Gasteiger partial charge in [0.2, 0.25) is 0 Å². The van der Waals surface area contributed by atoms with Crippen molar-refractivity contribution in [3.63, 3.8) is 0 Å². The molecule has 5 nitrogen and oxygen atoms in total. The monoisotopic (exact) mass is 238 g/mol. The molecule has 0 aliphatic carbocycles. The van der Waals surface area contributed by atoms with E-state index in [0.717, 1.165) is 6.42 Å². The van der Waals surface area contributed by atoms with E-state index < -0.39 is 0 Å². The molecule has 0 heterocycles. The maximum Gasteiger partial charge on any atom is 0.253 e. The second-order valence-corrected chi connectivity index (χ2v) is 3.85. The molecule has 17 heavy (non-hydrogen) atoms. The van der Waals surface area contributed by atoms with Crippen LogP contribution in [0.1, 0.15) is 16.8 Å². The first-order valence-electron chi connectivity index (χ1n) is 5.39. The number of phenols is 1. The van der Waals surface area contributed by atoms with Crippen molar-refractivity contribution in [1.29, 1.82) is 0 Å². The third-order valence-electron chi connectivity index (χ3n) is 2.47. The zero-order valence-corrected chi connectivity index (χ0v) is 10.1. The predicted octanol–water partition coefficient (Wildman–Crippen LogP) is 1.08. The topological polar surface area (TPSA) is 75.8 Å². The van der Waals surface area contributed by atoms with Crippen LogP contribution in [0.5, 0.6) is 5.75 Å². The summed E-state index contributed by atoms with van der Waals surface area (Å²) >= 11 is 0. The highest BCUT2D eigenvalue weighted by molar-refractivity contribution is 5.95. The number of aromatic hydroxyl groups is 1. The van der Waals surface area contributed by atoms with E-state index in [4.69, 9.17) is 10.5 Å². The Bertz CT molecular complexity index is 393. The lowest BCUT2D eigenvalue weighted by Gasteiger charge is -2.17. The summed E-state index contributed by atoms with van der Waals surface area (Å²) in [6.07, 6.45) is 0.777. The molecule has 0 atom stereocenters. The molecule has 94 valence electrons. The van der Waals surface area contributed by atoms with Gasteiger partial charge in [-0.3, -0.25) is 4.79 Å². The lowest BCUT2D eigenvalue weighted by molar-refractivity contribution is 0.0779. The molecule has 3 N–H and O–H groups in total. The largest absolute Gasteiger partial charge is 0.506 e. The van der Waals surface area contributed by atoms with Gasteiger partial charge in [-0.25, -0.2) is 0 Å². The highest BCUT2D eigenvalue weighted by Gasteiger charge is 2.12. The molecular formula is C12H18N2O3. The number of amides is 1. The van der Waals surface area contributed by atoms with Crippen molar-refractivity contribution < 1.29 is 14.6 Å². The number of carbonyl (C=O) groups excluding carboxylic acids is 1. The summed E-state index contributed by atoms with van der Waals surface area (Å²) in [5.74, 6) is -0.211. The third kappa shape index (κ3) is 3.64. The van der Waals surface area contributed by atoms with E-state index >= 15 is 0 Å². The number of anilines is 1. The van der Waals surface area contributed by atoms with Crippen molar-refractivity contribution in [2.75, 3.05) is 33.0 Å². The number of hydrogen-bond donors (Lipinski definition) is 2. The van der Waals surface area contributed by atoms with Crippen molar-refractivity contribution in [3.8, 4) is 5.75 Å². The Morgan fingerprint density at radius 1 is 1.53 bits per heavy atom. The third-order valence-corrected chi connectivity index (χ3v) is 2.47. The molecule has 0 saturated heterocycles. The number of carbonyl (C=O) groups is 1. The number of phenolic OH excluding ortho intramolecular Hbond substituents is 1. The van der Waals surface area contributed by atoms with Gasteiger partial charge in [0.15, 0.2) is 0 Å². The Balaban J connectivity index is 2.65. The SMILES string of the molecule is COCCCN(C)C(=O)c1ccc(N)c(O)c1. The number of nitrogen functional groups attached to an aromatic ring is 1. The van der Waals surface area contributed by atoms with Crippen molar-refractivity contribution in [2.45, 2.75) is 6.42 Å². The number of nitrogens with zero attached hydrogens (tertiary/aromatic N) is 1. The van der Waals surface area contributed by atoms with Gasteiger partial charge in [0.1, 0.15) is 5.75 Å². The Morgan fingerprint density at radius 3 is 2.82 bits per heavy atom. The minimum absolute atomic E-state index is 0.0684. The summed E-state index contributed by atoms with van der Waals surface area (Å²) < 4.78 is 4.92. The Kier molecular flexibility index (Phi) is 4.78. The second kappa shape index (κ2) is 6.10. The van der Waals surface area contributed by atoms with Gasteiger partial charge in [-0.2, -0.15) is 0 Å². The van der Waals surface area contributed by atoms with Crippen molar-refractivity contribution in [1.82, 2.24) is 4.90 Å². The zero-order valence-electron chi connectivity index (χ0n) is 10.1. The molecule has 0 spiro atoms. The molecule has 0 aliphatic rings. The van der Waals surface area contributed by atoms with Crippen LogP contribution in [0.25, 0.3) is 0 Å². The lowest BCUT2D eigenvalue weighted by Crippen LogP contribution is -2.28. The summed E-state index contributed by atoms with van der Waals surface area (Å²) in [7, 11) is 3.34. The van der Waals surface area contributed by atoms with E-state index in [9.17, 15) is 9.90 Å². The van der Waals surface area contributed by atoms with Crippen molar-refractivity contribution in [2.24, 2.45) is 0 Å². The number of hydrogen-bond acceptors (Lipinski definition) is 4. The Hall–Kier alpha value is -1.75. The van der Waals surface area contributed by atoms with Crippen LogP contribution in [0.4, 0.5) is 5.69 Å². The first kappa shape index (κ1) is 13.3. The molecule has 0 radical (unpaired) electrons. The van der Waals surface area contributed by atoms with E-state index in [2.05, 4.69) is 0 Å². The van der Waals surface area contributed by atoms with Crippen LogP contribution in [0.15, 0.2) is 18.2 Å². The average molecular weight is 238 g/mol. The lowest BCUT2D eigenvalue weighted by atomic mass is 10.1. The fourth-order valence-electron chi connectivity index (χ4n) is 1.44. The van der Waals surface area contributed by atoms with E-state index in [1.165, 1.54) is 12.1 Å².